The van der Waals surface area contributed by atoms with Gasteiger partial charge in [-0.05, 0) is 85.6 Å². The Morgan fingerprint density at radius 3 is 2.65 bits per heavy atom. The van der Waals surface area contributed by atoms with Crippen molar-refractivity contribution in [3.05, 3.63) is 23.3 Å². The standard InChI is InChI=1S/C19H27NO3/c1-19-6-5-11-12(14(19)9-17(23)18(19)20-2)4-3-10-7-15(21)16(22)8-13(10)11/h7-8,11-12,14,17-18,20-23H,3-6,9H2,1-2H3. The Hall–Kier alpha value is -1.26. The SMILES string of the molecule is CNC1C(O)CC2C3CCc4cc(O)c(O)cc4C3CCC21C. The molecule has 0 saturated heterocycles. The van der Waals surface area contributed by atoms with Crippen molar-refractivity contribution >= 4 is 0 Å². The Bertz CT molecular complexity index is 631. The molecule has 2 saturated carbocycles. The first kappa shape index (κ1) is 15.3. The van der Waals surface area contributed by atoms with Crippen LogP contribution in [0.3, 0.4) is 0 Å². The lowest BCUT2D eigenvalue weighted by atomic mass is 9.55. The summed E-state index contributed by atoms with van der Waals surface area (Å²) in [6, 6.07) is 3.71. The van der Waals surface area contributed by atoms with E-state index in [9.17, 15) is 15.3 Å². The Morgan fingerprint density at radius 2 is 1.91 bits per heavy atom. The predicted molar refractivity (Wildman–Crippen MR) is 88.6 cm³/mol. The molecular formula is C19H27NO3. The fraction of sp³-hybridized carbons (Fsp3) is 0.684. The number of phenols is 2. The molecule has 0 bridgehead atoms. The molecule has 1 aromatic rings. The lowest BCUT2D eigenvalue weighted by molar-refractivity contribution is 0.0382. The predicted octanol–water partition coefficient (Wildman–Crippen LogP) is 2.51. The number of phenolic OH excluding ortho intramolecular Hbond substituents is 2. The highest BCUT2D eigenvalue weighted by Gasteiger charge is 2.57. The molecule has 4 heteroatoms. The molecular weight excluding hydrogens is 290 g/mol. The second-order valence-corrected chi connectivity index (χ2v) is 8.07. The molecule has 0 aromatic heterocycles. The first-order valence-electron chi connectivity index (χ1n) is 8.85. The van der Waals surface area contributed by atoms with Gasteiger partial charge in [0.2, 0.25) is 0 Å². The third-order valence-electron chi connectivity index (χ3n) is 7.16. The minimum Gasteiger partial charge on any atom is -0.504 e. The zero-order valence-electron chi connectivity index (χ0n) is 13.9. The molecule has 0 spiro atoms. The molecule has 3 aliphatic rings. The Balaban J connectivity index is 1.71. The number of hydrogen-bond acceptors (Lipinski definition) is 4. The average Bonchev–Trinajstić information content (AvgIpc) is 2.78. The van der Waals surface area contributed by atoms with Gasteiger partial charge in [0.05, 0.1) is 6.10 Å². The lowest BCUT2D eigenvalue weighted by Crippen LogP contribution is -2.49. The molecule has 0 amide bonds. The highest BCUT2D eigenvalue weighted by atomic mass is 16.3. The molecule has 2 fully saturated rings. The van der Waals surface area contributed by atoms with Crippen molar-refractivity contribution in [3.8, 4) is 11.5 Å². The van der Waals surface area contributed by atoms with Gasteiger partial charge in [-0.3, -0.25) is 0 Å². The maximum atomic E-state index is 10.5. The summed E-state index contributed by atoms with van der Waals surface area (Å²) in [4.78, 5) is 0. The molecule has 1 aromatic carbocycles. The molecule has 3 aliphatic carbocycles. The van der Waals surface area contributed by atoms with Crippen molar-refractivity contribution in [1.82, 2.24) is 5.32 Å². The van der Waals surface area contributed by atoms with Gasteiger partial charge in [-0.15, -0.1) is 0 Å². The number of aliphatic hydroxyl groups excluding tert-OH is 1. The molecule has 6 atom stereocenters. The summed E-state index contributed by atoms with van der Waals surface area (Å²) >= 11 is 0. The van der Waals surface area contributed by atoms with Gasteiger partial charge >= 0.3 is 0 Å². The van der Waals surface area contributed by atoms with Crippen LogP contribution in [0.15, 0.2) is 12.1 Å². The molecule has 6 unspecified atom stereocenters. The van der Waals surface area contributed by atoms with E-state index in [1.54, 1.807) is 12.1 Å². The third-order valence-corrected chi connectivity index (χ3v) is 7.16. The van der Waals surface area contributed by atoms with Crippen molar-refractivity contribution in [1.29, 1.82) is 0 Å². The van der Waals surface area contributed by atoms with E-state index in [-0.39, 0.29) is 29.1 Å². The first-order valence-corrected chi connectivity index (χ1v) is 8.85. The number of aromatic hydroxyl groups is 2. The summed E-state index contributed by atoms with van der Waals surface area (Å²) in [5.41, 5.74) is 2.57. The molecule has 126 valence electrons. The van der Waals surface area contributed by atoms with Crippen LogP contribution in [0.5, 0.6) is 11.5 Å². The van der Waals surface area contributed by atoms with Crippen molar-refractivity contribution in [2.45, 2.75) is 57.1 Å². The van der Waals surface area contributed by atoms with Crippen LogP contribution in [0.2, 0.25) is 0 Å². The van der Waals surface area contributed by atoms with Gasteiger partial charge in [0.25, 0.3) is 0 Å². The van der Waals surface area contributed by atoms with Gasteiger partial charge in [0, 0.05) is 6.04 Å². The largest absolute Gasteiger partial charge is 0.504 e. The van der Waals surface area contributed by atoms with Crippen LogP contribution in [0.25, 0.3) is 0 Å². The topological polar surface area (TPSA) is 72.7 Å². The maximum Gasteiger partial charge on any atom is 0.157 e. The maximum absolute atomic E-state index is 10.5. The molecule has 4 nitrogen and oxygen atoms in total. The van der Waals surface area contributed by atoms with Crippen LogP contribution >= 0.6 is 0 Å². The van der Waals surface area contributed by atoms with E-state index in [0.717, 1.165) is 32.1 Å². The number of aryl methyl sites for hydroxylation is 1. The number of benzene rings is 1. The Morgan fingerprint density at radius 1 is 1.17 bits per heavy atom. The normalized spacial score (nSPS) is 42.0. The van der Waals surface area contributed by atoms with E-state index >= 15 is 0 Å². The average molecular weight is 317 g/mol. The minimum absolute atomic E-state index is 0.00251. The third kappa shape index (κ3) is 2.04. The van der Waals surface area contributed by atoms with Crippen molar-refractivity contribution in [3.63, 3.8) is 0 Å². The molecule has 4 rings (SSSR count). The summed E-state index contributed by atoms with van der Waals surface area (Å²) in [6.07, 6.45) is 4.89. The van der Waals surface area contributed by atoms with E-state index < -0.39 is 0 Å². The summed E-state index contributed by atoms with van der Waals surface area (Å²) < 4.78 is 0. The summed E-state index contributed by atoms with van der Waals surface area (Å²) in [7, 11) is 1.96. The Kier molecular flexibility index (Phi) is 3.40. The number of aliphatic hydroxyl groups is 1. The smallest absolute Gasteiger partial charge is 0.157 e. The van der Waals surface area contributed by atoms with Crippen LogP contribution in [-0.4, -0.2) is 34.5 Å². The van der Waals surface area contributed by atoms with Crippen LogP contribution in [0, 0.1) is 17.3 Å². The van der Waals surface area contributed by atoms with Crippen LogP contribution in [0.1, 0.15) is 49.7 Å². The molecule has 23 heavy (non-hydrogen) atoms. The highest BCUT2D eigenvalue weighted by molar-refractivity contribution is 5.48. The van der Waals surface area contributed by atoms with Crippen molar-refractivity contribution < 1.29 is 15.3 Å². The highest BCUT2D eigenvalue weighted by Crippen LogP contribution is 2.61. The monoisotopic (exact) mass is 317 g/mol. The second kappa shape index (κ2) is 5.12. The van der Waals surface area contributed by atoms with Gasteiger partial charge in [-0.25, -0.2) is 0 Å². The number of fused-ring (bicyclic) bond motifs is 5. The van der Waals surface area contributed by atoms with E-state index in [4.69, 9.17) is 0 Å². The van der Waals surface area contributed by atoms with E-state index in [0.29, 0.717) is 17.8 Å². The van der Waals surface area contributed by atoms with Gasteiger partial charge in [0.1, 0.15) is 0 Å². The first-order chi connectivity index (χ1) is 11.0. The van der Waals surface area contributed by atoms with Crippen molar-refractivity contribution in [2.75, 3.05) is 7.05 Å². The zero-order valence-corrected chi connectivity index (χ0v) is 13.9. The molecule has 0 radical (unpaired) electrons. The number of nitrogens with one attached hydrogen (secondary N) is 1. The van der Waals surface area contributed by atoms with Crippen LogP contribution < -0.4 is 5.32 Å². The van der Waals surface area contributed by atoms with Crippen molar-refractivity contribution in [2.24, 2.45) is 17.3 Å². The Labute approximate surface area is 137 Å². The zero-order chi connectivity index (χ0) is 16.4. The second-order valence-electron chi connectivity index (χ2n) is 8.07. The molecule has 4 N–H and O–H groups in total. The lowest BCUT2D eigenvalue weighted by Gasteiger charge is -2.50. The van der Waals surface area contributed by atoms with Crippen LogP contribution in [-0.2, 0) is 6.42 Å². The van der Waals surface area contributed by atoms with Gasteiger partial charge in [0.15, 0.2) is 11.5 Å². The van der Waals surface area contributed by atoms with E-state index in [1.165, 1.54) is 11.1 Å². The van der Waals surface area contributed by atoms with Crippen LogP contribution in [0.4, 0.5) is 0 Å². The minimum atomic E-state index is -0.261. The van der Waals surface area contributed by atoms with E-state index in [2.05, 4.69) is 12.2 Å². The number of likely N-dealkylation sites (N-methyl/N-ethyl adjacent to an activating group) is 1. The molecule has 0 heterocycles. The summed E-state index contributed by atoms with van der Waals surface area (Å²) in [5, 5.41) is 33.6. The summed E-state index contributed by atoms with van der Waals surface area (Å²) in [6.45, 7) is 2.34. The number of rotatable bonds is 1. The van der Waals surface area contributed by atoms with Gasteiger partial charge < -0.3 is 20.6 Å². The fourth-order valence-corrected chi connectivity index (χ4v) is 6.13. The van der Waals surface area contributed by atoms with Gasteiger partial charge in [-0.1, -0.05) is 6.92 Å². The fourth-order valence-electron chi connectivity index (χ4n) is 6.13. The van der Waals surface area contributed by atoms with Gasteiger partial charge in [-0.2, -0.15) is 0 Å². The summed E-state index contributed by atoms with van der Waals surface area (Å²) in [5.74, 6) is 1.54. The molecule has 0 aliphatic heterocycles. The van der Waals surface area contributed by atoms with E-state index in [1.807, 2.05) is 7.05 Å². The quantitative estimate of drug-likeness (QED) is 0.601. The number of hydrogen-bond donors (Lipinski definition) is 4.